The van der Waals surface area contributed by atoms with Gasteiger partial charge in [0.2, 0.25) is 0 Å². The Kier molecular flexibility index (Phi) is 5.65. The highest BCUT2D eigenvalue weighted by atomic mass is 16.5. The molecule has 0 aliphatic heterocycles. The minimum Gasteiger partial charge on any atom is -0.489 e. The van der Waals surface area contributed by atoms with Gasteiger partial charge in [0.1, 0.15) is 0 Å². The van der Waals surface area contributed by atoms with Crippen molar-refractivity contribution in [3.05, 3.63) is 70.8 Å². The zero-order valence-corrected chi connectivity index (χ0v) is 13.8. The van der Waals surface area contributed by atoms with E-state index in [1.54, 1.807) is 0 Å². The van der Waals surface area contributed by atoms with Gasteiger partial charge in [0.15, 0.2) is 11.5 Å². The van der Waals surface area contributed by atoms with Crippen LogP contribution in [0.1, 0.15) is 36.1 Å². The van der Waals surface area contributed by atoms with Crippen molar-refractivity contribution in [2.24, 2.45) is 0 Å². The molecule has 2 aromatic carbocycles. The lowest BCUT2D eigenvalue weighted by Gasteiger charge is -2.17. The van der Waals surface area contributed by atoms with Crippen molar-refractivity contribution < 1.29 is 9.47 Å². The Labute approximate surface area is 133 Å². The second-order valence-corrected chi connectivity index (χ2v) is 5.26. The molecule has 116 valence electrons. The van der Waals surface area contributed by atoms with E-state index in [2.05, 4.69) is 62.4 Å². The molecule has 2 aromatic rings. The number of benzene rings is 2. The van der Waals surface area contributed by atoms with Crippen LogP contribution < -0.4 is 0 Å². The highest BCUT2D eigenvalue weighted by Gasteiger charge is 2.14. The van der Waals surface area contributed by atoms with E-state index in [9.17, 15) is 0 Å². The van der Waals surface area contributed by atoms with Crippen molar-refractivity contribution in [2.75, 3.05) is 13.2 Å². The van der Waals surface area contributed by atoms with Gasteiger partial charge in [-0.1, -0.05) is 59.7 Å². The number of hydrogen-bond acceptors (Lipinski definition) is 2. The lowest BCUT2D eigenvalue weighted by atomic mass is 10.1. The zero-order chi connectivity index (χ0) is 15.9. The second kappa shape index (κ2) is 7.69. The quantitative estimate of drug-likeness (QED) is 0.538. The molecule has 0 aromatic heterocycles. The van der Waals surface area contributed by atoms with Crippen LogP contribution >= 0.6 is 0 Å². The summed E-state index contributed by atoms with van der Waals surface area (Å²) in [4.78, 5) is 0. The molecule has 0 amide bonds. The van der Waals surface area contributed by atoms with E-state index in [0.717, 1.165) is 22.6 Å². The van der Waals surface area contributed by atoms with Crippen LogP contribution in [0.25, 0.3) is 11.5 Å². The van der Waals surface area contributed by atoms with Gasteiger partial charge in [-0.25, -0.2) is 0 Å². The monoisotopic (exact) mass is 296 g/mol. The fourth-order valence-electron chi connectivity index (χ4n) is 2.26. The summed E-state index contributed by atoms with van der Waals surface area (Å²) < 4.78 is 11.8. The Hall–Kier alpha value is -2.22. The van der Waals surface area contributed by atoms with Crippen LogP contribution in [0, 0.1) is 13.8 Å². The Morgan fingerprint density at radius 2 is 0.955 bits per heavy atom. The SMILES string of the molecule is CCOC(=C(OCC)c1ccc(C)cc1)c1ccc(C)cc1. The van der Waals surface area contributed by atoms with Gasteiger partial charge in [-0.2, -0.15) is 0 Å². The van der Waals surface area contributed by atoms with E-state index < -0.39 is 0 Å². The maximum absolute atomic E-state index is 5.92. The van der Waals surface area contributed by atoms with Crippen molar-refractivity contribution in [1.29, 1.82) is 0 Å². The molecule has 0 N–H and O–H groups in total. The summed E-state index contributed by atoms with van der Waals surface area (Å²) in [5.41, 5.74) is 4.54. The van der Waals surface area contributed by atoms with Crippen LogP contribution in [0.4, 0.5) is 0 Å². The molecular formula is C20H24O2. The summed E-state index contributed by atoms with van der Waals surface area (Å²) in [5, 5.41) is 0. The van der Waals surface area contributed by atoms with Gasteiger partial charge >= 0.3 is 0 Å². The first-order valence-electron chi connectivity index (χ1n) is 7.79. The molecule has 0 aliphatic carbocycles. The summed E-state index contributed by atoms with van der Waals surface area (Å²) in [5.74, 6) is 1.60. The first-order valence-corrected chi connectivity index (χ1v) is 7.79. The number of hydrogen-bond donors (Lipinski definition) is 0. The topological polar surface area (TPSA) is 18.5 Å². The number of ether oxygens (including phenoxy) is 2. The van der Waals surface area contributed by atoms with E-state index in [-0.39, 0.29) is 0 Å². The molecule has 0 saturated carbocycles. The van der Waals surface area contributed by atoms with Gasteiger partial charge in [0.25, 0.3) is 0 Å². The molecule has 2 heteroatoms. The highest BCUT2D eigenvalue weighted by molar-refractivity contribution is 5.84. The van der Waals surface area contributed by atoms with Crippen LogP contribution in [0.5, 0.6) is 0 Å². The molecule has 22 heavy (non-hydrogen) atoms. The normalized spacial score (nSPS) is 11.8. The Bertz CT molecular complexity index is 564. The molecule has 2 nitrogen and oxygen atoms in total. The molecule has 0 unspecified atom stereocenters. The zero-order valence-electron chi connectivity index (χ0n) is 13.8. The Morgan fingerprint density at radius 1 is 0.636 bits per heavy atom. The first-order chi connectivity index (χ1) is 10.7. The van der Waals surface area contributed by atoms with E-state index in [1.807, 2.05) is 13.8 Å². The molecule has 0 fully saturated rings. The average Bonchev–Trinajstić information content (AvgIpc) is 2.53. The van der Waals surface area contributed by atoms with E-state index in [1.165, 1.54) is 11.1 Å². The predicted molar refractivity (Wildman–Crippen MR) is 92.4 cm³/mol. The van der Waals surface area contributed by atoms with Gasteiger partial charge in [-0.3, -0.25) is 0 Å². The van der Waals surface area contributed by atoms with E-state index in [0.29, 0.717) is 13.2 Å². The predicted octanol–water partition coefficient (Wildman–Crippen LogP) is 5.20. The van der Waals surface area contributed by atoms with Crippen molar-refractivity contribution in [1.82, 2.24) is 0 Å². The molecule has 0 radical (unpaired) electrons. The Balaban J connectivity index is 2.55. The fourth-order valence-corrected chi connectivity index (χ4v) is 2.26. The van der Waals surface area contributed by atoms with Crippen molar-refractivity contribution >= 4 is 11.5 Å². The fraction of sp³-hybridized carbons (Fsp3) is 0.300. The third-order valence-corrected chi connectivity index (χ3v) is 3.41. The summed E-state index contributed by atoms with van der Waals surface area (Å²) >= 11 is 0. The van der Waals surface area contributed by atoms with Gasteiger partial charge < -0.3 is 9.47 Å². The molecule has 0 heterocycles. The minimum absolute atomic E-state index is 0.603. The van der Waals surface area contributed by atoms with Crippen LogP contribution in [0.3, 0.4) is 0 Å². The number of aryl methyl sites for hydroxylation is 2. The third kappa shape index (κ3) is 3.91. The van der Waals surface area contributed by atoms with Gasteiger partial charge in [-0.05, 0) is 27.7 Å². The van der Waals surface area contributed by atoms with Crippen molar-refractivity contribution in [3.8, 4) is 0 Å². The number of rotatable bonds is 6. The highest BCUT2D eigenvalue weighted by Crippen LogP contribution is 2.29. The van der Waals surface area contributed by atoms with Crippen LogP contribution in [-0.4, -0.2) is 13.2 Å². The second-order valence-electron chi connectivity index (χ2n) is 5.26. The Morgan fingerprint density at radius 3 is 1.23 bits per heavy atom. The largest absolute Gasteiger partial charge is 0.489 e. The summed E-state index contributed by atoms with van der Waals surface area (Å²) in [6.07, 6.45) is 0. The molecule has 0 atom stereocenters. The minimum atomic E-state index is 0.603. The molecular weight excluding hydrogens is 272 g/mol. The van der Waals surface area contributed by atoms with E-state index in [4.69, 9.17) is 9.47 Å². The lowest BCUT2D eigenvalue weighted by molar-refractivity contribution is 0.261. The molecule has 0 bridgehead atoms. The van der Waals surface area contributed by atoms with Gasteiger partial charge in [0, 0.05) is 11.1 Å². The standard InChI is InChI=1S/C20H24O2/c1-5-21-19(17-11-7-15(3)8-12-17)20(22-6-2)18-13-9-16(4)10-14-18/h7-14H,5-6H2,1-4H3. The van der Waals surface area contributed by atoms with E-state index >= 15 is 0 Å². The van der Waals surface area contributed by atoms with Crippen molar-refractivity contribution in [3.63, 3.8) is 0 Å². The first kappa shape index (κ1) is 16.2. The van der Waals surface area contributed by atoms with Crippen molar-refractivity contribution in [2.45, 2.75) is 27.7 Å². The maximum Gasteiger partial charge on any atom is 0.168 e. The summed E-state index contributed by atoms with van der Waals surface area (Å²) in [7, 11) is 0. The summed E-state index contributed by atoms with van der Waals surface area (Å²) in [6.45, 7) is 9.35. The maximum atomic E-state index is 5.92. The molecule has 0 saturated heterocycles. The summed E-state index contributed by atoms with van der Waals surface area (Å²) in [6, 6.07) is 16.7. The lowest BCUT2D eigenvalue weighted by Crippen LogP contribution is -2.01. The molecule has 0 aliphatic rings. The molecule has 2 rings (SSSR count). The van der Waals surface area contributed by atoms with Crippen LogP contribution in [0.15, 0.2) is 48.5 Å². The van der Waals surface area contributed by atoms with Gasteiger partial charge in [-0.15, -0.1) is 0 Å². The third-order valence-electron chi connectivity index (χ3n) is 3.41. The van der Waals surface area contributed by atoms with Gasteiger partial charge in [0.05, 0.1) is 13.2 Å². The van der Waals surface area contributed by atoms with Crippen LogP contribution in [0.2, 0.25) is 0 Å². The van der Waals surface area contributed by atoms with Crippen LogP contribution in [-0.2, 0) is 9.47 Å². The smallest absolute Gasteiger partial charge is 0.168 e. The molecule has 0 spiro atoms. The average molecular weight is 296 g/mol.